The lowest BCUT2D eigenvalue weighted by molar-refractivity contribution is -0.140. The lowest BCUT2D eigenvalue weighted by Gasteiger charge is -2.39. The summed E-state index contributed by atoms with van der Waals surface area (Å²) >= 11 is 0. The third-order valence-corrected chi connectivity index (χ3v) is 8.85. The van der Waals surface area contributed by atoms with E-state index in [1.165, 1.54) is 14.2 Å². The first-order valence-electron chi connectivity index (χ1n) is 15.2. The smallest absolute Gasteiger partial charge is 0.325 e. The van der Waals surface area contributed by atoms with Gasteiger partial charge in [-0.25, -0.2) is 0 Å². The van der Waals surface area contributed by atoms with Crippen molar-refractivity contribution in [1.82, 2.24) is 30.3 Å². The molecule has 1 aliphatic carbocycles. The summed E-state index contributed by atoms with van der Waals surface area (Å²) in [7, 11) is 6.17. The molecule has 13 nitrogen and oxygen atoms in total. The molecular formula is C31H45ClN6O7. The van der Waals surface area contributed by atoms with Gasteiger partial charge in [0.05, 0.1) is 31.3 Å². The van der Waals surface area contributed by atoms with Gasteiger partial charge in [-0.2, -0.15) is 0 Å². The van der Waals surface area contributed by atoms with Crippen molar-refractivity contribution in [2.75, 3.05) is 54.0 Å². The summed E-state index contributed by atoms with van der Waals surface area (Å²) in [6.45, 7) is 2.53. The number of hydrogen-bond donors (Lipinski definition) is 3. The second kappa shape index (κ2) is 15.9. The fraction of sp³-hybridized carbons (Fsp3) is 0.581. The maximum atomic E-state index is 14.0. The third kappa shape index (κ3) is 7.88. The molecule has 0 unspecified atom stereocenters. The fourth-order valence-corrected chi connectivity index (χ4v) is 6.07. The van der Waals surface area contributed by atoms with Crippen LogP contribution in [0.4, 0.5) is 0 Å². The molecule has 1 aromatic heterocycles. The number of halogens is 1. The number of nitrogens with zero attached hydrogens (tertiary/aromatic N) is 3. The van der Waals surface area contributed by atoms with Crippen LogP contribution in [0.2, 0.25) is 0 Å². The number of benzene rings is 1. The van der Waals surface area contributed by atoms with E-state index in [1.807, 2.05) is 0 Å². The second-order valence-corrected chi connectivity index (χ2v) is 11.4. The first-order chi connectivity index (χ1) is 21.1. The Bertz CT molecular complexity index is 1400. The number of nitrogens with one attached hydrogen (secondary N) is 3. The van der Waals surface area contributed by atoms with Crippen molar-refractivity contribution in [3.8, 4) is 5.75 Å². The molecule has 1 aromatic carbocycles. The lowest BCUT2D eigenvalue weighted by atomic mass is 9.83. The van der Waals surface area contributed by atoms with Crippen LogP contribution in [0.25, 0.3) is 10.9 Å². The zero-order valence-corrected chi connectivity index (χ0v) is 27.5. The van der Waals surface area contributed by atoms with Crippen LogP contribution in [0.15, 0.2) is 18.2 Å². The van der Waals surface area contributed by atoms with E-state index in [0.717, 1.165) is 32.1 Å². The normalized spacial score (nSPS) is 16.7. The minimum Gasteiger partial charge on any atom is -0.497 e. The maximum absolute atomic E-state index is 14.0. The van der Waals surface area contributed by atoms with Crippen LogP contribution in [0, 0.1) is 5.92 Å². The Balaban J connectivity index is 0.00000552. The molecule has 4 rings (SSSR count). The zero-order valence-electron chi connectivity index (χ0n) is 26.6. The number of methoxy groups -OCH3 is 2. The minimum absolute atomic E-state index is 0. The molecule has 4 amide bonds. The molecule has 2 fully saturated rings. The third-order valence-electron chi connectivity index (χ3n) is 8.85. The molecule has 2 aromatic rings. The molecular weight excluding hydrogens is 604 g/mol. The molecule has 1 saturated carbocycles. The monoisotopic (exact) mass is 648 g/mol. The van der Waals surface area contributed by atoms with Gasteiger partial charge >= 0.3 is 5.97 Å². The topological polar surface area (TPSA) is 151 Å². The van der Waals surface area contributed by atoms with Crippen molar-refractivity contribution in [3.63, 3.8) is 0 Å². The summed E-state index contributed by atoms with van der Waals surface area (Å²) in [5.74, 6) is -1.26. The van der Waals surface area contributed by atoms with Crippen LogP contribution < -0.4 is 20.7 Å². The summed E-state index contributed by atoms with van der Waals surface area (Å²) in [5.41, 5.74) is 0.937. The molecule has 2 atom stereocenters. The standard InChI is InChI=1S/C31H44N6O7.ClH/c1-19(32-2)28(39)34-26(20-9-7-6-8-10-20)30(41)36-13-15-37(16-14-36)31(42)27-25(29(40)33-18-24(38)44-5)22-12-11-21(43-4)17-23(22)35(27)3;/h11-12,17,19-20,26,32H,6-10,13-16,18H2,1-5H3,(H,33,40)(H,34,39);1H/t19-,26-;/m0./s1. The molecule has 1 saturated heterocycles. The number of esters is 1. The first-order valence-corrected chi connectivity index (χ1v) is 15.2. The maximum Gasteiger partial charge on any atom is 0.325 e. The van der Waals surface area contributed by atoms with E-state index in [-0.39, 0.29) is 66.9 Å². The van der Waals surface area contributed by atoms with Crippen LogP contribution in [0.5, 0.6) is 5.75 Å². The number of carbonyl (C=O) groups excluding carboxylic acids is 5. The molecule has 0 bridgehead atoms. The number of ether oxygens (including phenoxy) is 2. The SMILES string of the molecule is CN[C@@H](C)C(=O)N[C@H](C(=O)N1CCN(C(=O)c2c(C(=O)NCC(=O)OC)c3ccc(OC)cc3n2C)CC1)C1CCCCC1.Cl. The van der Waals surface area contributed by atoms with Crippen LogP contribution in [-0.2, 0) is 26.2 Å². The van der Waals surface area contributed by atoms with Crippen LogP contribution in [-0.4, -0.2) is 110 Å². The highest BCUT2D eigenvalue weighted by Gasteiger charge is 2.37. The number of aromatic nitrogens is 1. The van der Waals surface area contributed by atoms with Gasteiger partial charge in [-0.05, 0) is 44.9 Å². The highest BCUT2D eigenvalue weighted by Crippen LogP contribution is 2.31. The number of carbonyl (C=O) groups is 5. The molecule has 2 aliphatic rings. The molecule has 0 radical (unpaired) electrons. The summed E-state index contributed by atoms with van der Waals surface area (Å²) in [6.07, 6.45) is 4.95. The number of likely N-dealkylation sites (N-methyl/N-ethyl adjacent to an activating group) is 1. The molecule has 3 N–H and O–H groups in total. The van der Waals surface area contributed by atoms with Crippen molar-refractivity contribution in [2.24, 2.45) is 13.0 Å². The zero-order chi connectivity index (χ0) is 32.0. The highest BCUT2D eigenvalue weighted by atomic mass is 35.5. The summed E-state index contributed by atoms with van der Waals surface area (Å²) in [5, 5.41) is 9.03. The van der Waals surface area contributed by atoms with Gasteiger partial charge in [-0.15, -0.1) is 12.4 Å². The van der Waals surface area contributed by atoms with Crippen molar-refractivity contribution in [3.05, 3.63) is 29.5 Å². The average Bonchev–Trinajstić information content (AvgIpc) is 3.36. The summed E-state index contributed by atoms with van der Waals surface area (Å²) in [6, 6.07) is 4.12. The Hall–Kier alpha value is -3.84. The van der Waals surface area contributed by atoms with Gasteiger partial charge in [0.1, 0.15) is 24.0 Å². The van der Waals surface area contributed by atoms with Gasteiger partial charge in [-0.3, -0.25) is 24.0 Å². The van der Waals surface area contributed by atoms with Crippen molar-refractivity contribution in [1.29, 1.82) is 0 Å². The molecule has 1 aliphatic heterocycles. The van der Waals surface area contributed by atoms with Crippen molar-refractivity contribution >= 4 is 52.9 Å². The molecule has 2 heterocycles. The van der Waals surface area contributed by atoms with E-state index >= 15 is 0 Å². The Labute approximate surface area is 269 Å². The summed E-state index contributed by atoms with van der Waals surface area (Å²) < 4.78 is 11.7. The van der Waals surface area contributed by atoms with Crippen LogP contribution >= 0.6 is 12.4 Å². The van der Waals surface area contributed by atoms with E-state index in [9.17, 15) is 24.0 Å². The summed E-state index contributed by atoms with van der Waals surface area (Å²) in [4.78, 5) is 69.0. The number of aryl methyl sites for hydroxylation is 1. The fourth-order valence-electron chi connectivity index (χ4n) is 6.07. The highest BCUT2D eigenvalue weighted by molar-refractivity contribution is 6.16. The van der Waals surface area contributed by atoms with E-state index in [1.54, 1.807) is 53.6 Å². The Kier molecular flexibility index (Phi) is 12.6. The average molecular weight is 649 g/mol. The number of fused-ring (bicyclic) bond motifs is 1. The number of hydrogen-bond acceptors (Lipinski definition) is 8. The van der Waals surface area contributed by atoms with Crippen molar-refractivity contribution in [2.45, 2.75) is 51.1 Å². The largest absolute Gasteiger partial charge is 0.497 e. The van der Waals surface area contributed by atoms with E-state index in [4.69, 9.17) is 4.74 Å². The second-order valence-electron chi connectivity index (χ2n) is 11.4. The van der Waals surface area contributed by atoms with Crippen molar-refractivity contribution < 1.29 is 33.4 Å². The Morgan fingerprint density at radius 2 is 1.62 bits per heavy atom. The van der Waals surface area contributed by atoms with E-state index < -0.39 is 24.0 Å². The number of piperazine rings is 1. The van der Waals surface area contributed by atoms with Crippen LogP contribution in [0.1, 0.15) is 59.9 Å². The quantitative estimate of drug-likeness (QED) is 0.328. The Morgan fingerprint density at radius 3 is 2.22 bits per heavy atom. The van der Waals surface area contributed by atoms with Gasteiger partial charge in [0.25, 0.3) is 11.8 Å². The van der Waals surface area contributed by atoms with Gasteiger partial charge < -0.3 is 39.8 Å². The van der Waals surface area contributed by atoms with Gasteiger partial charge in [0.15, 0.2) is 0 Å². The Morgan fingerprint density at radius 1 is 0.978 bits per heavy atom. The molecule has 14 heteroatoms. The predicted octanol–water partition coefficient (Wildman–Crippen LogP) is 1.47. The first kappa shape index (κ1) is 35.6. The van der Waals surface area contributed by atoms with Crippen LogP contribution in [0.3, 0.4) is 0 Å². The van der Waals surface area contributed by atoms with Gasteiger partial charge in [0, 0.05) is 44.7 Å². The number of amides is 4. The van der Waals surface area contributed by atoms with Gasteiger partial charge in [-0.1, -0.05) is 19.3 Å². The minimum atomic E-state index is -0.614. The van der Waals surface area contributed by atoms with E-state index in [0.29, 0.717) is 29.7 Å². The predicted molar refractivity (Wildman–Crippen MR) is 171 cm³/mol. The molecule has 0 spiro atoms. The lowest BCUT2D eigenvalue weighted by Crippen LogP contribution is -2.59. The van der Waals surface area contributed by atoms with E-state index in [2.05, 4.69) is 20.7 Å². The van der Waals surface area contributed by atoms with Gasteiger partial charge in [0.2, 0.25) is 11.8 Å². The number of rotatable bonds is 10. The molecule has 45 heavy (non-hydrogen) atoms. The molecule has 248 valence electrons.